The number of aliphatic hydroxyl groups excluding tert-OH is 1. The minimum Gasteiger partial charge on any atom is -0.480 e. The second kappa shape index (κ2) is 11.0. The Morgan fingerprint density at radius 1 is 1.00 bits per heavy atom. The first-order valence-electron chi connectivity index (χ1n) is 11.1. The molecule has 0 bridgehead atoms. The number of nitrogens with one attached hydrogen (secondary N) is 2. The second-order valence-corrected chi connectivity index (χ2v) is 8.28. The summed E-state index contributed by atoms with van der Waals surface area (Å²) in [4.78, 5) is 36.0. The third-order valence-electron chi connectivity index (χ3n) is 5.80. The number of hydrogen-bond donors (Lipinski definition) is 4. The van der Waals surface area contributed by atoms with Crippen molar-refractivity contribution >= 4 is 18.0 Å². The highest BCUT2D eigenvalue weighted by Gasteiger charge is 2.30. The molecule has 176 valence electrons. The number of aliphatic hydroxyl groups is 1. The lowest BCUT2D eigenvalue weighted by molar-refractivity contribution is -0.144. The fourth-order valence-corrected chi connectivity index (χ4v) is 4.23. The van der Waals surface area contributed by atoms with Crippen molar-refractivity contribution in [3.8, 4) is 11.1 Å². The number of hydrogen-bond acceptors (Lipinski definition) is 5. The number of amides is 2. The van der Waals surface area contributed by atoms with Gasteiger partial charge in [-0.3, -0.25) is 4.79 Å². The molecule has 2 aromatic rings. The van der Waals surface area contributed by atoms with Gasteiger partial charge < -0.3 is 25.6 Å². The highest BCUT2D eigenvalue weighted by Crippen LogP contribution is 2.44. The molecule has 1 aliphatic rings. The molecule has 2 unspecified atom stereocenters. The van der Waals surface area contributed by atoms with Crippen molar-refractivity contribution in [2.75, 3.05) is 6.61 Å². The number of benzene rings is 2. The summed E-state index contributed by atoms with van der Waals surface area (Å²) in [6, 6.07) is 14.2. The Hall–Kier alpha value is -3.39. The van der Waals surface area contributed by atoms with Gasteiger partial charge in [0, 0.05) is 18.4 Å². The Morgan fingerprint density at radius 2 is 1.58 bits per heavy atom. The average molecular weight is 455 g/mol. The van der Waals surface area contributed by atoms with Gasteiger partial charge in [-0.15, -0.1) is 0 Å². The topological polar surface area (TPSA) is 125 Å². The summed E-state index contributed by atoms with van der Waals surface area (Å²) in [5.41, 5.74) is 4.48. The number of fused-ring (bicyclic) bond motifs is 3. The highest BCUT2D eigenvalue weighted by atomic mass is 16.5. The Kier molecular flexibility index (Phi) is 8.06. The van der Waals surface area contributed by atoms with Gasteiger partial charge in [-0.05, 0) is 35.6 Å². The number of carboxylic acids is 1. The summed E-state index contributed by atoms with van der Waals surface area (Å²) >= 11 is 0. The molecule has 0 spiro atoms. The molecule has 0 fully saturated rings. The van der Waals surface area contributed by atoms with E-state index in [0.717, 1.165) is 22.3 Å². The molecule has 3 atom stereocenters. The van der Waals surface area contributed by atoms with E-state index in [0.29, 0.717) is 12.8 Å². The Labute approximate surface area is 193 Å². The molecule has 8 nitrogen and oxygen atoms in total. The van der Waals surface area contributed by atoms with Crippen LogP contribution in [0.3, 0.4) is 0 Å². The molecule has 0 heterocycles. The molecular formula is C25H30N2O6. The van der Waals surface area contributed by atoms with E-state index in [4.69, 9.17) is 9.84 Å². The first-order chi connectivity index (χ1) is 15.8. The Balaban J connectivity index is 1.59. The molecule has 3 rings (SSSR count). The third-order valence-corrected chi connectivity index (χ3v) is 5.80. The smallest absolute Gasteiger partial charge is 0.407 e. The molecule has 8 heteroatoms. The zero-order chi connectivity index (χ0) is 24.0. The highest BCUT2D eigenvalue weighted by molar-refractivity contribution is 5.84. The van der Waals surface area contributed by atoms with E-state index in [1.54, 1.807) is 0 Å². The maximum atomic E-state index is 12.5. The van der Waals surface area contributed by atoms with E-state index in [1.165, 1.54) is 6.92 Å². The van der Waals surface area contributed by atoms with E-state index in [-0.39, 0.29) is 18.9 Å². The van der Waals surface area contributed by atoms with E-state index < -0.39 is 36.2 Å². The standard InChI is InChI=1S/C25H30N2O6/c1-3-8-16(13-22(29)27-23(15(2)28)24(30)31)26-25(32)33-14-21-19-11-6-4-9-17(19)18-10-5-7-12-20(18)21/h4-7,9-12,15-16,21,23,28H,3,8,13-14H2,1-2H3,(H,26,32)(H,27,29)(H,30,31)/t15?,16-,23?/m0/s1. The molecule has 1 aliphatic carbocycles. The van der Waals surface area contributed by atoms with Crippen molar-refractivity contribution in [2.24, 2.45) is 0 Å². The van der Waals surface area contributed by atoms with Crippen LogP contribution in [0.15, 0.2) is 48.5 Å². The molecule has 0 radical (unpaired) electrons. The molecule has 0 saturated heterocycles. The minimum absolute atomic E-state index is 0.0709. The van der Waals surface area contributed by atoms with E-state index in [2.05, 4.69) is 22.8 Å². The predicted octanol–water partition coefficient (Wildman–Crippen LogP) is 3.03. The molecule has 33 heavy (non-hydrogen) atoms. The number of aliphatic carboxylic acids is 1. The number of carboxylic acid groups (broad SMARTS) is 1. The normalized spacial score (nSPS) is 15.0. The van der Waals surface area contributed by atoms with Crippen LogP contribution in [0.25, 0.3) is 11.1 Å². The van der Waals surface area contributed by atoms with Gasteiger partial charge in [0.1, 0.15) is 6.61 Å². The number of carbonyl (C=O) groups is 3. The SMILES string of the molecule is CCC[C@@H](CC(=O)NC(C(=O)O)C(C)O)NC(=O)OCC1c2ccccc2-c2ccccc21. The maximum absolute atomic E-state index is 12.5. The molecule has 0 saturated carbocycles. The zero-order valence-corrected chi connectivity index (χ0v) is 18.8. The number of rotatable bonds is 10. The van der Waals surface area contributed by atoms with Gasteiger partial charge >= 0.3 is 12.1 Å². The van der Waals surface area contributed by atoms with Crippen molar-refractivity contribution in [1.29, 1.82) is 0 Å². The molecule has 4 N–H and O–H groups in total. The molecule has 2 aromatic carbocycles. The van der Waals surface area contributed by atoms with Crippen molar-refractivity contribution in [3.63, 3.8) is 0 Å². The monoisotopic (exact) mass is 454 g/mol. The van der Waals surface area contributed by atoms with E-state index >= 15 is 0 Å². The third kappa shape index (κ3) is 5.90. The quantitative estimate of drug-likeness (QED) is 0.437. The molecular weight excluding hydrogens is 424 g/mol. The minimum atomic E-state index is -1.41. The summed E-state index contributed by atoms with van der Waals surface area (Å²) in [5.74, 6) is -1.96. The van der Waals surface area contributed by atoms with Gasteiger partial charge in [0.15, 0.2) is 6.04 Å². The number of alkyl carbamates (subject to hydrolysis) is 1. The zero-order valence-electron chi connectivity index (χ0n) is 18.8. The van der Waals surface area contributed by atoms with Gasteiger partial charge in [0.2, 0.25) is 5.91 Å². The molecule has 0 aliphatic heterocycles. The first kappa shape index (κ1) is 24.3. The van der Waals surface area contributed by atoms with Crippen molar-refractivity contribution in [1.82, 2.24) is 10.6 Å². The van der Waals surface area contributed by atoms with E-state index in [9.17, 15) is 19.5 Å². The van der Waals surface area contributed by atoms with E-state index in [1.807, 2.05) is 43.3 Å². The first-order valence-corrected chi connectivity index (χ1v) is 11.1. The van der Waals surface area contributed by atoms with Crippen molar-refractivity contribution in [3.05, 3.63) is 59.7 Å². The van der Waals surface area contributed by atoms with Gasteiger partial charge in [0.05, 0.1) is 6.10 Å². The Bertz CT molecular complexity index is 960. The van der Waals surface area contributed by atoms with Gasteiger partial charge in [0.25, 0.3) is 0 Å². The maximum Gasteiger partial charge on any atom is 0.407 e. The van der Waals surface area contributed by atoms with Crippen molar-refractivity contribution in [2.45, 2.75) is 57.2 Å². The van der Waals surface area contributed by atoms with Gasteiger partial charge in [-0.2, -0.15) is 0 Å². The lowest BCUT2D eigenvalue weighted by atomic mass is 9.98. The van der Waals surface area contributed by atoms with Crippen LogP contribution in [0.2, 0.25) is 0 Å². The van der Waals surface area contributed by atoms with Gasteiger partial charge in [-0.25, -0.2) is 9.59 Å². The summed E-state index contributed by atoms with van der Waals surface area (Å²) < 4.78 is 5.54. The van der Waals surface area contributed by atoms with Crippen LogP contribution in [0.5, 0.6) is 0 Å². The summed E-state index contributed by atoms with van der Waals surface area (Å²) in [5, 5.41) is 23.7. The largest absolute Gasteiger partial charge is 0.480 e. The van der Waals surface area contributed by atoms with Crippen LogP contribution in [0.1, 0.15) is 50.2 Å². The summed E-state index contributed by atoms with van der Waals surface area (Å²) in [6.07, 6.45) is -0.765. The van der Waals surface area contributed by atoms with Gasteiger partial charge in [-0.1, -0.05) is 61.9 Å². The Morgan fingerprint density at radius 3 is 2.09 bits per heavy atom. The lowest BCUT2D eigenvalue weighted by Crippen LogP contribution is -2.49. The van der Waals surface area contributed by atoms with Crippen LogP contribution < -0.4 is 10.6 Å². The summed E-state index contributed by atoms with van der Waals surface area (Å²) in [7, 11) is 0. The van der Waals surface area contributed by atoms with Crippen LogP contribution in [-0.4, -0.2) is 53.0 Å². The number of carbonyl (C=O) groups excluding carboxylic acids is 2. The van der Waals surface area contributed by atoms with Crippen LogP contribution >= 0.6 is 0 Å². The molecule has 0 aromatic heterocycles. The average Bonchev–Trinajstić information content (AvgIpc) is 3.09. The predicted molar refractivity (Wildman–Crippen MR) is 123 cm³/mol. The summed E-state index contributed by atoms with van der Waals surface area (Å²) in [6.45, 7) is 3.37. The van der Waals surface area contributed by atoms with Crippen LogP contribution in [0.4, 0.5) is 4.79 Å². The van der Waals surface area contributed by atoms with Crippen LogP contribution in [0, 0.1) is 0 Å². The van der Waals surface area contributed by atoms with Crippen LogP contribution in [-0.2, 0) is 14.3 Å². The number of ether oxygens (including phenoxy) is 1. The molecule has 2 amide bonds. The fraction of sp³-hybridized carbons (Fsp3) is 0.400. The second-order valence-electron chi connectivity index (χ2n) is 8.28. The fourth-order valence-electron chi connectivity index (χ4n) is 4.23. The lowest BCUT2D eigenvalue weighted by Gasteiger charge is -2.21. The van der Waals surface area contributed by atoms with Crippen molar-refractivity contribution < 1.29 is 29.3 Å².